The monoisotopic (exact) mass is 1080 g/mol. The quantitative estimate of drug-likeness (QED) is 0.110. The van der Waals surface area contributed by atoms with E-state index in [0.29, 0.717) is 75.1 Å². The van der Waals surface area contributed by atoms with E-state index in [0.717, 1.165) is 109 Å². The summed E-state index contributed by atoms with van der Waals surface area (Å²) in [6, 6.07) is 27.1. The van der Waals surface area contributed by atoms with Gasteiger partial charge in [-0.05, 0) is 71.8 Å². The van der Waals surface area contributed by atoms with Crippen LogP contribution >= 0.6 is 22.7 Å². The molecule has 4 aliphatic heterocycles. The van der Waals surface area contributed by atoms with Crippen molar-refractivity contribution in [2.75, 3.05) is 134 Å². The number of anilines is 6. The second kappa shape index (κ2) is 22.0. The number of piperazine rings is 4. The van der Waals surface area contributed by atoms with Gasteiger partial charge >= 0.3 is 12.4 Å². The molecule has 76 heavy (non-hydrogen) atoms. The van der Waals surface area contributed by atoms with Crippen molar-refractivity contribution >= 4 is 73.3 Å². The van der Waals surface area contributed by atoms with Gasteiger partial charge in [0.2, 0.25) is 0 Å². The number of halogens is 6. The Morgan fingerprint density at radius 1 is 0.434 bits per heavy atom. The van der Waals surface area contributed by atoms with Crippen molar-refractivity contribution in [3.05, 3.63) is 141 Å². The standard InChI is InChI=1S/C55H58F6N10O3S2/c1-37(39-9-13-43(14-10-39)64-21-29-70(30-22-64)52-62-47(35-75-52)50(73)68-25-17-66(18-26-68)45-7-3-5-41(33-45)54(56,57)58)49(72)38(2)40-11-15-44(16-12-40)65-23-31-71(32-24-65)53-63-48(36-76-53)51(74)69-27-19-67(20-28-69)46-8-4-6-42(34-46)55(59,60)61/h3-16,33-38H,17-32H2,1-2H3. The average molecular weight is 1090 g/mol. The number of carbonyl (C=O) groups is 3. The summed E-state index contributed by atoms with van der Waals surface area (Å²) >= 11 is 2.87. The Kier molecular flexibility index (Phi) is 15.2. The molecule has 2 unspecified atom stereocenters. The molecule has 400 valence electrons. The van der Waals surface area contributed by atoms with E-state index in [-0.39, 0.29) is 29.4 Å². The van der Waals surface area contributed by atoms with E-state index in [2.05, 4.69) is 43.9 Å². The highest BCUT2D eigenvalue weighted by Gasteiger charge is 2.34. The Morgan fingerprint density at radius 3 is 1.09 bits per heavy atom. The van der Waals surface area contributed by atoms with Crippen LogP contribution in [0.1, 0.15) is 68.9 Å². The van der Waals surface area contributed by atoms with Crippen molar-refractivity contribution in [3.63, 3.8) is 0 Å². The van der Waals surface area contributed by atoms with E-state index in [1.54, 1.807) is 32.7 Å². The number of carbonyl (C=O) groups excluding carboxylic acids is 3. The maximum absolute atomic E-state index is 13.9. The van der Waals surface area contributed by atoms with Crippen molar-refractivity contribution < 1.29 is 40.7 Å². The molecule has 0 N–H and O–H groups in total. The van der Waals surface area contributed by atoms with Crippen molar-refractivity contribution in [2.45, 2.75) is 38.0 Å². The van der Waals surface area contributed by atoms with Gasteiger partial charge in [0.1, 0.15) is 17.2 Å². The molecule has 4 fully saturated rings. The van der Waals surface area contributed by atoms with Crippen LogP contribution in [0.3, 0.4) is 0 Å². The van der Waals surface area contributed by atoms with Gasteiger partial charge in [-0.3, -0.25) is 14.4 Å². The maximum Gasteiger partial charge on any atom is 0.416 e. The lowest BCUT2D eigenvalue weighted by Crippen LogP contribution is -2.49. The van der Waals surface area contributed by atoms with Gasteiger partial charge in [-0.15, -0.1) is 22.7 Å². The number of rotatable bonds is 12. The molecule has 6 heterocycles. The van der Waals surface area contributed by atoms with Crippen LogP contribution in [0.5, 0.6) is 0 Å². The van der Waals surface area contributed by atoms with Crippen LogP contribution in [-0.2, 0) is 17.1 Å². The number of hydrogen-bond donors (Lipinski definition) is 0. The number of benzene rings is 4. The smallest absolute Gasteiger partial charge is 0.368 e. The highest BCUT2D eigenvalue weighted by atomic mass is 32.1. The summed E-state index contributed by atoms with van der Waals surface area (Å²) in [7, 11) is 0. The zero-order chi connectivity index (χ0) is 53.3. The number of alkyl halides is 6. The number of aromatic nitrogens is 2. The molecule has 10 rings (SSSR count). The minimum Gasteiger partial charge on any atom is -0.368 e. The first-order chi connectivity index (χ1) is 36.5. The molecule has 4 saturated heterocycles. The van der Waals surface area contributed by atoms with Gasteiger partial charge in [-0.1, -0.05) is 50.2 Å². The summed E-state index contributed by atoms with van der Waals surface area (Å²) in [5, 5.41) is 5.13. The molecule has 13 nitrogen and oxygen atoms in total. The number of ketones is 1. The minimum atomic E-state index is -4.42. The highest BCUT2D eigenvalue weighted by Crippen LogP contribution is 2.35. The van der Waals surface area contributed by atoms with E-state index < -0.39 is 23.5 Å². The van der Waals surface area contributed by atoms with Crippen LogP contribution in [0.15, 0.2) is 108 Å². The molecule has 4 aliphatic rings. The molecule has 6 aromatic rings. The summed E-state index contributed by atoms with van der Waals surface area (Å²) in [6.45, 7) is 13.1. The van der Waals surface area contributed by atoms with E-state index in [1.807, 2.05) is 47.9 Å². The van der Waals surface area contributed by atoms with Crippen molar-refractivity contribution in [2.24, 2.45) is 0 Å². The van der Waals surface area contributed by atoms with Crippen LogP contribution in [0.4, 0.5) is 59.4 Å². The summed E-state index contributed by atoms with van der Waals surface area (Å²) in [5.41, 5.74) is 4.42. The van der Waals surface area contributed by atoms with Gasteiger partial charge in [0, 0.05) is 150 Å². The Hall–Kier alpha value is -6.87. The molecule has 2 atom stereocenters. The normalized spacial score (nSPS) is 17.8. The molecule has 0 spiro atoms. The SMILES string of the molecule is CC(C(=O)C(C)c1ccc(N2CCN(c3nc(C(=O)N4CCN(c5cccc(C(F)(F)F)c5)CC4)cs3)CC2)cc1)c1ccc(N2CCN(c3nc(C(=O)N4CCN(c5cccc(C(F)(F)F)c5)CC4)cs3)CC2)cc1. The van der Waals surface area contributed by atoms with E-state index in [9.17, 15) is 40.7 Å². The number of amides is 2. The summed E-state index contributed by atoms with van der Waals surface area (Å²) in [5.74, 6) is -0.825. The minimum absolute atomic E-state index is 0.139. The van der Waals surface area contributed by atoms with Gasteiger partial charge < -0.3 is 39.2 Å². The van der Waals surface area contributed by atoms with Crippen LogP contribution in [0.2, 0.25) is 0 Å². The van der Waals surface area contributed by atoms with Crippen molar-refractivity contribution in [1.29, 1.82) is 0 Å². The molecule has 21 heteroatoms. The van der Waals surface area contributed by atoms with Gasteiger partial charge in [-0.25, -0.2) is 9.97 Å². The van der Waals surface area contributed by atoms with Crippen LogP contribution < -0.4 is 29.4 Å². The fraction of sp³-hybridized carbons (Fsp3) is 0.400. The number of nitrogens with zero attached hydrogens (tertiary/aromatic N) is 10. The lowest BCUT2D eigenvalue weighted by Gasteiger charge is -2.36. The lowest BCUT2D eigenvalue weighted by atomic mass is 9.85. The molecule has 0 bridgehead atoms. The third kappa shape index (κ3) is 11.6. The molecule has 0 radical (unpaired) electrons. The molecule has 2 amide bonds. The Labute approximate surface area is 445 Å². The largest absolute Gasteiger partial charge is 0.416 e. The highest BCUT2D eigenvalue weighted by molar-refractivity contribution is 7.14. The Bertz CT molecular complexity index is 2790. The van der Waals surface area contributed by atoms with Crippen LogP contribution in [0, 0.1) is 0 Å². The van der Waals surface area contributed by atoms with E-state index in [1.165, 1.54) is 34.8 Å². The molecule has 4 aromatic carbocycles. The summed E-state index contributed by atoms with van der Waals surface area (Å²) in [6.07, 6.45) is -8.83. The predicted molar refractivity (Wildman–Crippen MR) is 287 cm³/mol. The van der Waals surface area contributed by atoms with Crippen molar-refractivity contribution in [1.82, 2.24) is 19.8 Å². The Balaban J connectivity index is 0.649. The third-order valence-corrected chi connectivity index (χ3v) is 16.9. The Morgan fingerprint density at radius 2 is 0.750 bits per heavy atom. The molecule has 0 saturated carbocycles. The zero-order valence-corrected chi connectivity index (χ0v) is 43.8. The van der Waals surface area contributed by atoms with Gasteiger partial charge in [-0.2, -0.15) is 26.3 Å². The number of thiazole rings is 2. The van der Waals surface area contributed by atoms with Crippen molar-refractivity contribution in [3.8, 4) is 0 Å². The fourth-order valence-electron chi connectivity index (χ4n) is 10.4. The second-order valence-corrected chi connectivity index (χ2v) is 21.3. The van der Waals surface area contributed by atoms with E-state index in [4.69, 9.17) is 9.97 Å². The molecular formula is C55H58F6N10O3S2. The lowest BCUT2D eigenvalue weighted by molar-refractivity contribution is -0.138. The predicted octanol–water partition coefficient (Wildman–Crippen LogP) is 9.69. The molecule has 0 aliphatic carbocycles. The maximum atomic E-state index is 13.9. The number of hydrogen-bond acceptors (Lipinski definition) is 13. The first-order valence-corrected chi connectivity index (χ1v) is 27.3. The zero-order valence-electron chi connectivity index (χ0n) is 42.1. The van der Waals surface area contributed by atoms with Gasteiger partial charge in [0.15, 0.2) is 10.3 Å². The first-order valence-electron chi connectivity index (χ1n) is 25.5. The summed E-state index contributed by atoms with van der Waals surface area (Å²) < 4.78 is 79.7. The van der Waals surface area contributed by atoms with Crippen LogP contribution in [0.25, 0.3) is 0 Å². The van der Waals surface area contributed by atoms with Gasteiger partial charge in [0.05, 0.1) is 11.1 Å². The average Bonchev–Trinajstić information content (AvgIpc) is 4.17. The topological polar surface area (TPSA) is 103 Å². The van der Waals surface area contributed by atoms with E-state index >= 15 is 0 Å². The first kappa shape index (κ1) is 52.6. The van der Waals surface area contributed by atoms with Gasteiger partial charge in [0.25, 0.3) is 11.8 Å². The number of Topliss-reactive ketones (excluding diaryl/α,β-unsaturated/α-hetero) is 1. The third-order valence-electron chi connectivity index (χ3n) is 15.1. The fourth-order valence-corrected chi connectivity index (χ4v) is 12.1. The summed E-state index contributed by atoms with van der Waals surface area (Å²) in [4.78, 5) is 66.3. The molecule has 2 aromatic heterocycles. The molecular weight excluding hydrogens is 1030 g/mol. The second-order valence-electron chi connectivity index (χ2n) is 19.7. The van der Waals surface area contributed by atoms with Crippen LogP contribution in [-0.4, -0.2) is 142 Å².